The summed E-state index contributed by atoms with van der Waals surface area (Å²) >= 11 is 6.86. The van der Waals surface area contributed by atoms with Crippen molar-refractivity contribution in [1.29, 1.82) is 0 Å². The first-order valence-electron chi connectivity index (χ1n) is 4.88. The zero-order chi connectivity index (χ0) is 12.6. The fourth-order valence-electron chi connectivity index (χ4n) is 1.50. The van der Waals surface area contributed by atoms with Gasteiger partial charge >= 0.3 is 0 Å². The number of thiophene rings is 1. The Morgan fingerprint density at radius 1 is 1.18 bits per heavy atom. The van der Waals surface area contributed by atoms with Crippen molar-refractivity contribution >= 4 is 22.9 Å². The first kappa shape index (κ1) is 12.5. The zero-order valence-corrected chi connectivity index (χ0v) is 10.4. The van der Waals surface area contributed by atoms with Crippen LogP contribution in [0.15, 0.2) is 24.3 Å². The van der Waals surface area contributed by atoms with Crippen molar-refractivity contribution < 1.29 is 13.9 Å². The standard InChI is InChI=1S/C12H9ClF2OS/c1-6-2-3-7(11(15)10(6)14)12(16)8-4-5-9(13)17-8/h2-5,12,16H,1H3. The summed E-state index contributed by atoms with van der Waals surface area (Å²) in [6.07, 6.45) is -1.19. The Kier molecular flexibility index (Phi) is 3.47. The highest BCUT2D eigenvalue weighted by Gasteiger charge is 2.20. The first-order chi connectivity index (χ1) is 8.00. The van der Waals surface area contributed by atoms with E-state index in [1.807, 2.05) is 0 Å². The monoisotopic (exact) mass is 274 g/mol. The normalized spacial score (nSPS) is 12.8. The molecule has 0 aliphatic heterocycles. The summed E-state index contributed by atoms with van der Waals surface area (Å²) in [5, 5.41) is 9.95. The largest absolute Gasteiger partial charge is 0.383 e. The van der Waals surface area contributed by atoms with Gasteiger partial charge in [0.1, 0.15) is 6.10 Å². The van der Waals surface area contributed by atoms with Crippen LogP contribution in [-0.2, 0) is 0 Å². The smallest absolute Gasteiger partial charge is 0.165 e. The average molecular weight is 275 g/mol. The third-order valence-corrected chi connectivity index (χ3v) is 3.75. The van der Waals surface area contributed by atoms with E-state index in [1.54, 1.807) is 12.1 Å². The van der Waals surface area contributed by atoms with Crippen molar-refractivity contribution in [2.75, 3.05) is 0 Å². The molecule has 0 aliphatic rings. The van der Waals surface area contributed by atoms with E-state index in [0.29, 0.717) is 9.21 Å². The molecule has 0 saturated heterocycles. The van der Waals surface area contributed by atoms with Crippen molar-refractivity contribution in [1.82, 2.24) is 0 Å². The summed E-state index contributed by atoms with van der Waals surface area (Å²) in [5.41, 5.74) is 0.134. The van der Waals surface area contributed by atoms with E-state index < -0.39 is 17.7 Å². The second-order valence-corrected chi connectivity index (χ2v) is 5.39. The quantitative estimate of drug-likeness (QED) is 0.875. The maximum Gasteiger partial charge on any atom is 0.165 e. The molecule has 1 nitrogen and oxygen atoms in total. The van der Waals surface area contributed by atoms with E-state index in [2.05, 4.69) is 0 Å². The van der Waals surface area contributed by atoms with Crippen LogP contribution in [0.5, 0.6) is 0 Å². The van der Waals surface area contributed by atoms with Gasteiger partial charge in [0.2, 0.25) is 0 Å². The number of benzene rings is 1. The maximum absolute atomic E-state index is 13.6. The summed E-state index contributed by atoms with van der Waals surface area (Å²) in [4.78, 5) is 0.483. The van der Waals surface area contributed by atoms with E-state index in [1.165, 1.54) is 19.1 Å². The molecule has 0 fully saturated rings. The fourth-order valence-corrected chi connectivity index (χ4v) is 2.57. The van der Waals surface area contributed by atoms with Gasteiger partial charge in [0, 0.05) is 10.4 Å². The molecule has 1 aromatic carbocycles. The highest BCUT2D eigenvalue weighted by molar-refractivity contribution is 7.16. The van der Waals surface area contributed by atoms with Gasteiger partial charge in [0.25, 0.3) is 0 Å². The molecule has 1 aromatic heterocycles. The van der Waals surface area contributed by atoms with Crippen LogP contribution in [0.1, 0.15) is 22.1 Å². The van der Waals surface area contributed by atoms with E-state index >= 15 is 0 Å². The minimum absolute atomic E-state index is 0.0772. The van der Waals surface area contributed by atoms with E-state index in [9.17, 15) is 13.9 Å². The lowest BCUT2D eigenvalue weighted by molar-refractivity contribution is 0.217. The molecule has 0 amide bonds. The summed E-state index contributed by atoms with van der Waals surface area (Å²) in [5.74, 6) is -1.94. The van der Waals surface area contributed by atoms with Crippen LogP contribution >= 0.6 is 22.9 Å². The van der Waals surface area contributed by atoms with Gasteiger partial charge in [-0.1, -0.05) is 23.7 Å². The first-order valence-corrected chi connectivity index (χ1v) is 6.08. The van der Waals surface area contributed by atoms with Crippen LogP contribution in [-0.4, -0.2) is 5.11 Å². The van der Waals surface area contributed by atoms with Gasteiger partial charge in [-0.05, 0) is 24.6 Å². The lowest BCUT2D eigenvalue weighted by atomic mass is 10.0. The third kappa shape index (κ3) is 2.34. The number of aliphatic hydroxyl groups excluding tert-OH is 1. The number of aliphatic hydroxyl groups is 1. The zero-order valence-electron chi connectivity index (χ0n) is 8.88. The van der Waals surface area contributed by atoms with Gasteiger partial charge in [-0.15, -0.1) is 11.3 Å². The predicted octanol–water partition coefficient (Wildman–Crippen LogP) is 4.07. The predicted molar refractivity (Wildman–Crippen MR) is 64.5 cm³/mol. The van der Waals surface area contributed by atoms with Crippen LogP contribution in [0.4, 0.5) is 8.78 Å². The van der Waals surface area contributed by atoms with Crippen molar-refractivity contribution in [3.8, 4) is 0 Å². The van der Waals surface area contributed by atoms with Crippen molar-refractivity contribution in [3.63, 3.8) is 0 Å². The molecule has 2 aromatic rings. The van der Waals surface area contributed by atoms with Gasteiger partial charge in [-0.25, -0.2) is 8.78 Å². The second kappa shape index (κ2) is 4.72. The minimum Gasteiger partial charge on any atom is -0.383 e. The van der Waals surface area contributed by atoms with Crippen molar-refractivity contribution in [3.05, 3.63) is 56.2 Å². The van der Waals surface area contributed by atoms with Crippen molar-refractivity contribution in [2.24, 2.45) is 0 Å². The summed E-state index contributed by atoms with van der Waals surface area (Å²) in [6.45, 7) is 1.47. The van der Waals surface area contributed by atoms with Crippen LogP contribution in [0, 0.1) is 18.6 Å². The van der Waals surface area contributed by atoms with Crippen LogP contribution in [0.3, 0.4) is 0 Å². The lowest BCUT2D eigenvalue weighted by Crippen LogP contribution is -2.03. The van der Waals surface area contributed by atoms with Gasteiger partial charge in [0.05, 0.1) is 4.34 Å². The molecule has 90 valence electrons. The van der Waals surface area contributed by atoms with Gasteiger partial charge in [-0.2, -0.15) is 0 Å². The van der Waals surface area contributed by atoms with Crippen LogP contribution in [0.2, 0.25) is 4.34 Å². The van der Waals surface area contributed by atoms with Crippen molar-refractivity contribution in [2.45, 2.75) is 13.0 Å². The Bertz CT molecular complexity index is 553. The molecule has 0 bridgehead atoms. The van der Waals surface area contributed by atoms with Gasteiger partial charge < -0.3 is 5.11 Å². The Morgan fingerprint density at radius 2 is 1.88 bits per heavy atom. The number of aryl methyl sites for hydroxylation is 1. The molecule has 1 heterocycles. The topological polar surface area (TPSA) is 20.2 Å². The van der Waals surface area contributed by atoms with E-state index in [0.717, 1.165) is 11.3 Å². The minimum atomic E-state index is -1.19. The third-order valence-electron chi connectivity index (χ3n) is 2.46. The Hall–Kier alpha value is -0.970. The maximum atomic E-state index is 13.6. The molecule has 1 atom stereocenters. The fraction of sp³-hybridized carbons (Fsp3) is 0.167. The second-order valence-electron chi connectivity index (χ2n) is 3.64. The molecule has 2 rings (SSSR count). The molecule has 17 heavy (non-hydrogen) atoms. The van der Waals surface area contributed by atoms with Crippen LogP contribution < -0.4 is 0 Å². The lowest BCUT2D eigenvalue weighted by Gasteiger charge is -2.11. The molecule has 0 spiro atoms. The summed E-state index contributed by atoms with van der Waals surface area (Å²) < 4.78 is 27.5. The molecule has 1 N–H and O–H groups in total. The number of hydrogen-bond donors (Lipinski definition) is 1. The average Bonchev–Trinajstić information content (AvgIpc) is 2.72. The summed E-state index contributed by atoms with van der Waals surface area (Å²) in [6, 6.07) is 6.01. The SMILES string of the molecule is Cc1ccc(C(O)c2ccc(Cl)s2)c(F)c1F. The molecule has 1 unspecified atom stereocenters. The molecule has 5 heteroatoms. The molecule has 0 saturated carbocycles. The van der Waals surface area contributed by atoms with Gasteiger partial charge in [-0.3, -0.25) is 0 Å². The van der Waals surface area contributed by atoms with Gasteiger partial charge in [0.15, 0.2) is 11.6 Å². The van der Waals surface area contributed by atoms with E-state index in [4.69, 9.17) is 11.6 Å². The highest BCUT2D eigenvalue weighted by Crippen LogP contribution is 2.32. The van der Waals surface area contributed by atoms with Crippen LogP contribution in [0.25, 0.3) is 0 Å². The Balaban J connectivity index is 2.44. The Labute approximate surface area is 106 Å². The molecular formula is C12H9ClF2OS. The van der Waals surface area contributed by atoms with E-state index in [-0.39, 0.29) is 11.1 Å². The number of hydrogen-bond acceptors (Lipinski definition) is 2. The number of rotatable bonds is 2. The Morgan fingerprint density at radius 3 is 2.47 bits per heavy atom. The summed E-state index contributed by atoms with van der Waals surface area (Å²) in [7, 11) is 0. The highest BCUT2D eigenvalue weighted by atomic mass is 35.5. The molecular weight excluding hydrogens is 266 g/mol. The number of halogens is 3. The molecule has 0 radical (unpaired) electrons. The molecule has 0 aliphatic carbocycles.